The fraction of sp³-hybridized carbons (Fsp3) is 0. The minimum absolute atomic E-state index is 0.0959. The molecule has 2 aromatic heterocycles. The van der Waals surface area contributed by atoms with Gasteiger partial charge in [-0.2, -0.15) is 4.73 Å². The fourth-order valence-electron chi connectivity index (χ4n) is 2.77. The Morgan fingerprint density at radius 1 is 1.04 bits per heavy atom. The van der Waals surface area contributed by atoms with Crippen molar-refractivity contribution in [3.05, 3.63) is 84.1 Å². The zero-order valence-corrected chi connectivity index (χ0v) is 14.4. The van der Waals surface area contributed by atoms with E-state index in [0.29, 0.717) is 16.5 Å². The second kappa shape index (κ2) is 6.92. The molecule has 7 nitrogen and oxygen atoms in total. The maximum atomic E-state index is 13.3. The summed E-state index contributed by atoms with van der Waals surface area (Å²) in [7, 11) is 0. The Morgan fingerprint density at radius 3 is 2.50 bits per heavy atom. The van der Waals surface area contributed by atoms with Gasteiger partial charge >= 0.3 is 5.97 Å². The number of benzene rings is 2. The van der Waals surface area contributed by atoms with Crippen LogP contribution in [-0.4, -0.2) is 26.6 Å². The number of primary amides is 1. The molecule has 0 atom stereocenters. The lowest BCUT2D eigenvalue weighted by Gasteiger charge is -2.06. The highest BCUT2D eigenvalue weighted by molar-refractivity contribution is 6.06. The average molecular weight is 376 g/mol. The number of amides is 1. The number of nitrogens with zero attached hydrogens (tertiary/aromatic N) is 3. The van der Waals surface area contributed by atoms with Gasteiger partial charge in [0.2, 0.25) is 0 Å². The van der Waals surface area contributed by atoms with Crippen LogP contribution in [0.2, 0.25) is 0 Å². The van der Waals surface area contributed by atoms with Gasteiger partial charge < -0.3 is 10.6 Å². The number of nitrogens with two attached hydrogens (primary N) is 1. The van der Waals surface area contributed by atoms with Crippen LogP contribution in [0.3, 0.4) is 0 Å². The third kappa shape index (κ3) is 3.18. The summed E-state index contributed by atoms with van der Waals surface area (Å²) in [5.41, 5.74) is 6.72. The van der Waals surface area contributed by atoms with Gasteiger partial charge in [0.15, 0.2) is 5.82 Å². The lowest BCUT2D eigenvalue weighted by atomic mass is 10.2. The number of hydrogen-bond acceptors (Lipinski definition) is 5. The summed E-state index contributed by atoms with van der Waals surface area (Å²) in [4.78, 5) is 37.6. The Bertz CT molecular complexity index is 1200. The third-order valence-corrected chi connectivity index (χ3v) is 4.10. The summed E-state index contributed by atoms with van der Waals surface area (Å²) in [5, 5.41) is 0.570. The Hall–Kier alpha value is -4.07. The van der Waals surface area contributed by atoms with Crippen LogP contribution >= 0.6 is 0 Å². The van der Waals surface area contributed by atoms with E-state index in [1.807, 2.05) is 0 Å². The molecule has 0 bridgehead atoms. The van der Waals surface area contributed by atoms with Crippen molar-refractivity contribution in [1.29, 1.82) is 0 Å². The lowest BCUT2D eigenvalue weighted by molar-refractivity contribution is 0.0480. The molecular formula is C20H13FN4O3. The van der Waals surface area contributed by atoms with E-state index in [-0.39, 0.29) is 17.0 Å². The quantitative estimate of drug-likeness (QED) is 0.590. The van der Waals surface area contributed by atoms with E-state index in [9.17, 15) is 14.0 Å². The summed E-state index contributed by atoms with van der Waals surface area (Å²) in [6.07, 6.45) is 3.93. The summed E-state index contributed by atoms with van der Waals surface area (Å²) < 4.78 is 14.5. The number of rotatable bonds is 4. The highest BCUT2D eigenvalue weighted by Gasteiger charge is 2.17. The SMILES string of the molecule is NC(=O)c1cn(OC(=O)c2cnc(-c3cccc(F)c3)nc2)c2ccccc12. The molecule has 4 aromatic rings. The zero-order chi connectivity index (χ0) is 19.7. The normalized spacial score (nSPS) is 10.8. The van der Waals surface area contributed by atoms with Crippen molar-refractivity contribution in [3.8, 4) is 11.4 Å². The van der Waals surface area contributed by atoms with Gasteiger partial charge in [-0.1, -0.05) is 30.3 Å². The van der Waals surface area contributed by atoms with Gasteiger partial charge in [0, 0.05) is 23.3 Å². The summed E-state index contributed by atoms with van der Waals surface area (Å²) >= 11 is 0. The third-order valence-electron chi connectivity index (χ3n) is 4.10. The van der Waals surface area contributed by atoms with E-state index < -0.39 is 17.7 Å². The van der Waals surface area contributed by atoms with Crippen LogP contribution in [0.25, 0.3) is 22.3 Å². The topological polar surface area (TPSA) is 100 Å². The maximum Gasteiger partial charge on any atom is 0.366 e. The molecule has 0 fully saturated rings. The van der Waals surface area contributed by atoms with Gasteiger partial charge in [0.1, 0.15) is 5.82 Å². The molecule has 0 aliphatic rings. The van der Waals surface area contributed by atoms with Crippen molar-refractivity contribution in [3.63, 3.8) is 0 Å². The van der Waals surface area contributed by atoms with E-state index >= 15 is 0 Å². The van der Waals surface area contributed by atoms with Crippen molar-refractivity contribution in [2.45, 2.75) is 0 Å². The molecule has 0 aliphatic heterocycles. The molecule has 2 heterocycles. The second-order valence-corrected chi connectivity index (χ2v) is 5.93. The predicted molar refractivity (Wildman–Crippen MR) is 98.8 cm³/mol. The molecule has 138 valence electrons. The summed E-state index contributed by atoms with van der Waals surface area (Å²) in [6, 6.07) is 12.7. The summed E-state index contributed by atoms with van der Waals surface area (Å²) in [5.74, 6) is -1.48. The van der Waals surface area contributed by atoms with Crippen LogP contribution in [0.1, 0.15) is 20.7 Å². The van der Waals surface area contributed by atoms with Gasteiger partial charge in [-0.15, -0.1) is 0 Å². The van der Waals surface area contributed by atoms with E-state index in [4.69, 9.17) is 10.6 Å². The molecule has 2 aromatic carbocycles. The number of carbonyl (C=O) groups is 2. The highest BCUT2D eigenvalue weighted by Crippen LogP contribution is 2.20. The Balaban J connectivity index is 1.61. The summed E-state index contributed by atoms with van der Waals surface area (Å²) in [6.45, 7) is 0. The molecule has 0 saturated heterocycles. The Kier molecular flexibility index (Phi) is 4.29. The number of fused-ring (bicyclic) bond motifs is 1. The molecule has 8 heteroatoms. The first-order valence-corrected chi connectivity index (χ1v) is 8.23. The average Bonchev–Trinajstić information content (AvgIpc) is 3.07. The zero-order valence-electron chi connectivity index (χ0n) is 14.4. The molecule has 0 aliphatic carbocycles. The first kappa shape index (κ1) is 17.3. The molecular weight excluding hydrogens is 363 g/mol. The molecule has 0 radical (unpaired) electrons. The smallest absolute Gasteiger partial charge is 0.366 e. The van der Waals surface area contributed by atoms with Crippen LogP contribution < -0.4 is 10.6 Å². The molecule has 0 saturated carbocycles. The van der Waals surface area contributed by atoms with Crippen LogP contribution in [0.15, 0.2) is 67.1 Å². The van der Waals surface area contributed by atoms with Crippen LogP contribution in [-0.2, 0) is 0 Å². The van der Waals surface area contributed by atoms with E-state index in [1.54, 1.807) is 36.4 Å². The van der Waals surface area contributed by atoms with Crippen molar-refractivity contribution in [2.24, 2.45) is 5.73 Å². The minimum atomic E-state index is -0.720. The number of hydrogen-bond donors (Lipinski definition) is 1. The molecule has 2 N–H and O–H groups in total. The van der Waals surface area contributed by atoms with Crippen LogP contribution in [0.4, 0.5) is 4.39 Å². The van der Waals surface area contributed by atoms with Crippen molar-refractivity contribution >= 4 is 22.8 Å². The highest BCUT2D eigenvalue weighted by atomic mass is 19.1. The van der Waals surface area contributed by atoms with Crippen molar-refractivity contribution in [1.82, 2.24) is 14.7 Å². The van der Waals surface area contributed by atoms with Crippen LogP contribution in [0.5, 0.6) is 0 Å². The number of halogens is 1. The minimum Gasteiger partial charge on any atom is -0.366 e. The lowest BCUT2D eigenvalue weighted by Crippen LogP contribution is -2.20. The first-order chi connectivity index (χ1) is 13.5. The second-order valence-electron chi connectivity index (χ2n) is 5.93. The predicted octanol–water partition coefficient (Wildman–Crippen LogP) is 2.61. The number of aromatic nitrogens is 3. The molecule has 1 amide bonds. The Labute approximate surface area is 158 Å². The molecule has 4 rings (SSSR count). The monoisotopic (exact) mass is 376 g/mol. The van der Waals surface area contributed by atoms with Crippen LogP contribution in [0, 0.1) is 5.82 Å². The van der Waals surface area contributed by atoms with E-state index in [0.717, 1.165) is 0 Å². The number of para-hydroxylation sites is 1. The van der Waals surface area contributed by atoms with Gasteiger partial charge in [0.05, 0.1) is 22.8 Å². The van der Waals surface area contributed by atoms with Crippen molar-refractivity contribution in [2.75, 3.05) is 0 Å². The van der Waals surface area contributed by atoms with E-state index in [2.05, 4.69) is 9.97 Å². The van der Waals surface area contributed by atoms with Gasteiger partial charge in [0.25, 0.3) is 5.91 Å². The van der Waals surface area contributed by atoms with Gasteiger partial charge in [-0.3, -0.25) is 4.79 Å². The number of carbonyl (C=O) groups excluding carboxylic acids is 2. The van der Waals surface area contributed by atoms with E-state index in [1.165, 1.54) is 35.5 Å². The maximum absolute atomic E-state index is 13.3. The molecule has 0 unspecified atom stereocenters. The van der Waals surface area contributed by atoms with Gasteiger partial charge in [-0.25, -0.2) is 19.2 Å². The molecule has 28 heavy (non-hydrogen) atoms. The van der Waals surface area contributed by atoms with Gasteiger partial charge in [-0.05, 0) is 18.2 Å². The largest absolute Gasteiger partial charge is 0.366 e. The van der Waals surface area contributed by atoms with Crippen molar-refractivity contribution < 1.29 is 18.8 Å². The Morgan fingerprint density at radius 2 is 1.79 bits per heavy atom. The standard InChI is InChI=1S/C20H13FN4O3/c21-14-5-3-4-12(8-14)19-23-9-13(10-24-19)20(27)28-25-11-16(18(22)26)15-6-1-2-7-17(15)25/h1-11H,(H2,22,26). The molecule has 0 spiro atoms. The fourth-order valence-corrected chi connectivity index (χ4v) is 2.77. The first-order valence-electron chi connectivity index (χ1n) is 8.23.